The third-order valence-electron chi connectivity index (χ3n) is 3.88. The minimum atomic E-state index is 0.575. The molecular weight excluding hydrogens is 307 g/mol. The van der Waals surface area contributed by atoms with E-state index in [1.807, 2.05) is 6.07 Å². The molecule has 1 aliphatic heterocycles. The van der Waals surface area contributed by atoms with Gasteiger partial charge in [0, 0.05) is 12.6 Å². The SMILES string of the molecule is CCCN(CCOc1c(Cl)cccc1Cl)C1CCNCC1. The molecule has 0 saturated carbocycles. The van der Waals surface area contributed by atoms with Gasteiger partial charge in [0.1, 0.15) is 6.61 Å². The molecule has 0 bridgehead atoms. The molecule has 0 aromatic heterocycles. The second-order valence-corrected chi connectivity index (χ2v) is 6.23. The van der Waals surface area contributed by atoms with Crippen LogP contribution in [0.3, 0.4) is 0 Å². The predicted molar refractivity (Wildman–Crippen MR) is 89.7 cm³/mol. The molecule has 118 valence electrons. The van der Waals surface area contributed by atoms with Gasteiger partial charge in [0.05, 0.1) is 10.0 Å². The van der Waals surface area contributed by atoms with Crippen LogP contribution >= 0.6 is 23.2 Å². The molecule has 1 aromatic rings. The number of para-hydroxylation sites is 1. The first-order chi connectivity index (χ1) is 10.2. The molecule has 1 heterocycles. The van der Waals surface area contributed by atoms with Gasteiger partial charge < -0.3 is 10.1 Å². The number of hydrogen-bond donors (Lipinski definition) is 1. The van der Waals surface area contributed by atoms with Gasteiger partial charge in [-0.2, -0.15) is 0 Å². The Hall–Kier alpha value is -0.480. The van der Waals surface area contributed by atoms with E-state index in [1.165, 1.54) is 12.8 Å². The predicted octanol–water partition coefficient (Wildman–Crippen LogP) is 3.84. The highest BCUT2D eigenvalue weighted by Gasteiger charge is 2.20. The number of halogens is 2. The Balaban J connectivity index is 1.86. The number of piperidine rings is 1. The molecule has 0 amide bonds. The summed E-state index contributed by atoms with van der Waals surface area (Å²) in [6.45, 7) is 7.10. The van der Waals surface area contributed by atoms with Gasteiger partial charge in [0.15, 0.2) is 5.75 Å². The van der Waals surface area contributed by atoms with E-state index in [0.29, 0.717) is 28.4 Å². The summed E-state index contributed by atoms with van der Waals surface area (Å²) in [5.74, 6) is 0.600. The van der Waals surface area contributed by atoms with E-state index < -0.39 is 0 Å². The van der Waals surface area contributed by atoms with Crippen molar-refractivity contribution in [1.82, 2.24) is 10.2 Å². The first kappa shape index (κ1) is 16.9. The summed E-state index contributed by atoms with van der Waals surface area (Å²) in [7, 11) is 0. The molecule has 0 aliphatic carbocycles. The number of ether oxygens (including phenoxy) is 1. The van der Waals surface area contributed by atoms with Gasteiger partial charge in [-0.3, -0.25) is 4.90 Å². The fourth-order valence-corrected chi connectivity index (χ4v) is 3.33. The van der Waals surface area contributed by atoms with Crippen molar-refractivity contribution in [1.29, 1.82) is 0 Å². The summed E-state index contributed by atoms with van der Waals surface area (Å²) in [4.78, 5) is 2.53. The molecule has 1 aliphatic rings. The van der Waals surface area contributed by atoms with Crippen molar-refractivity contribution in [3.63, 3.8) is 0 Å². The van der Waals surface area contributed by atoms with Crippen LogP contribution in [-0.4, -0.2) is 43.7 Å². The topological polar surface area (TPSA) is 24.5 Å². The summed E-state index contributed by atoms with van der Waals surface area (Å²) in [5.41, 5.74) is 0. The maximum atomic E-state index is 6.12. The minimum absolute atomic E-state index is 0.575. The highest BCUT2D eigenvalue weighted by atomic mass is 35.5. The standard InChI is InChI=1S/C16H24Cl2N2O/c1-2-10-20(13-6-8-19-9-7-13)11-12-21-16-14(17)4-3-5-15(16)18/h3-5,13,19H,2,6-12H2,1H3. The largest absolute Gasteiger partial charge is 0.489 e. The van der Waals surface area contributed by atoms with Crippen molar-refractivity contribution >= 4 is 23.2 Å². The van der Waals surface area contributed by atoms with E-state index in [0.717, 1.165) is 32.6 Å². The Labute approximate surface area is 137 Å². The molecule has 3 nitrogen and oxygen atoms in total. The van der Waals surface area contributed by atoms with E-state index in [9.17, 15) is 0 Å². The Morgan fingerprint density at radius 2 is 1.86 bits per heavy atom. The number of benzene rings is 1. The molecule has 0 radical (unpaired) electrons. The zero-order chi connectivity index (χ0) is 15.1. The molecule has 21 heavy (non-hydrogen) atoms. The van der Waals surface area contributed by atoms with Crippen LogP contribution in [0.2, 0.25) is 10.0 Å². The number of rotatable bonds is 7. The summed E-state index contributed by atoms with van der Waals surface area (Å²) in [6.07, 6.45) is 3.59. The number of nitrogens with zero attached hydrogens (tertiary/aromatic N) is 1. The molecule has 0 unspecified atom stereocenters. The van der Waals surface area contributed by atoms with Crippen molar-refractivity contribution in [3.05, 3.63) is 28.2 Å². The normalized spacial score (nSPS) is 16.4. The average Bonchev–Trinajstić information content (AvgIpc) is 2.50. The summed E-state index contributed by atoms with van der Waals surface area (Å²) in [6, 6.07) is 6.10. The maximum absolute atomic E-state index is 6.12. The van der Waals surface area contributed by atoms with Gasteiger partial charge in [-0.1, -0.05) is 36.2 Å². The highest BCUT2D eigenvalue weighted by molar-refractivity contribution is 6.37. The second kappa shape index (κ2) is 8.84. The van der Waals surface area contributed by atoms with Crippen molar-refractivity contribution in [2.24, 2.45) is 0 Å². The smallest absolute Gasteiger partial charge is 0.156 e. The van der Waals surface area contributed by atoms with Crippen LogP contribution in [-0.2, 0) is 0 Å². The zero-order valence-electron chi connectivity index (χ0n) is 12.6. The van der Waals surface area contributed by atoms with Crippen LogP contribution in [0, 0.1) is 0 Å². The Morgan fingerprint density at radius 1 is 1.19 bits per heavy atom. The lowest BCUT2D eigenvalue weighted by atomic mass is 10.0. The third kappa shape index (κ3) is 5.03. The van der Waals surface area contributed by atoms with Crippen LogP contribution < -0.4 is 10.1 Å². The zero-order valence-corrected chi connectivity index (χ0v) is 14.1. The van der Waals surface area contributed by atoms with Gasteiger partial charge >= 0.3 is 0 Å². The van der Waals surface area contributed by atoms with E-state index >= 15 is 0 Å². The first-order valence-corrected chi connectivity index (χ1v) is 8.49. The summed E-state index contributed by atoms with van der Waals surface area (Å²) >= 11 is 12.2. The van der Waals surface area contributed by atoms with Crippen molar-refractivity contribution in [3.8, 4) is 5.75 Å². The van der Waals surface area contributed by atoms with Gasteiger partial charge in [-0.25, -0.2) is 0 Å². The van der Waals surface area contributed by atoms with Crippen molar-refractivity contribution in [2.75, 3.05) is 32.8 Å². The fraction of sp³-hybridized carbons (Fsp3) is 0.625. The molecule has 0 spiro atoms. The van der Waals surface area contributed by atoms with E-state index in [4.69, 9.17) is 27.9 Å². The Kier molecular flexibility index (Phi) is 7.11. The monoisotopic (exact) mass is 330 g/mol. The molecule has 1 aromatic carbocycles. The summed E-state index contributed by atoms with van der Waals surface area (Å²) < 4.78 is 5.81. The van der Waals surface area contributed by atoms with Crippen LogP contribution in [0.15, 0.2) is 18.2 Å². The van der Waals surface area contributed by atoms with Gasteiger partial charge in [0.25, 0.3) is 0 Å². The lowest BCUT2D eigenvalue weighted by Gasteiger charge is -2.34. The third-order valence-corrected chi connectivity index (χ3v) is 4.47. The molecule has 5 heteroatoms. The first-order valence-electron chi connectivity index (χ1n) is 7.74. The fourth-order valence-electron chi connectivity index (χ4n) is 2.82. The van der Waals surface area contributed by atoms with Crippen LogP contribution in [0.5, 0.6) is 5.75 Å². The molecule has 0 atom stereocenters. The number of nitrogens with one attached hydrogen (secondary N) is 1. The van der Waals surface area contributed by atoms with Gasteiger partial charge in [0.2, 0.25) is 0 Å². The van der Waals surface area contributed by atoms with Crippen molar-refractivity contribution in [2.45, 2.75) is 32.2 Å². The molecular formula is C16H24Cl2N2O. The van der Waals surface area contributed by atoms with Gasteiger partial charge in [-0.15, -0.1) is 0 Å². The molecule has 1 saturated heterocycles. The molecule has 2 rings (SSSR count). The highest BCUT2D eigenvalue weighted by Crippen LogP contribution is 2.32. The van der Waals surface area contributed by atoms with Crippen LogP contribution in [0.25, 0.3) is 0 Å². The summed E-state index contributed by atoms with van der Waals surface area (Å²) in [5, 5.41) is 4.57. The maximum Gasteiger partial charge on any atom is 0.156 e. The quantitative estimate of drug-likeness (QED) is 0.822. The van der Waals surface area contributed by atoms with E-state index in [1.54, 1.807) is 12.1 Å². The molecule has 1 N–H and O–H groups in total. The van der Waals surface area contributed by atoms with E-state index in [-0.39, 0.29) is 0 Å². The number of hydrogen-bond acceptors (Lipinski definition) is 3. The van der Waals surface area contributed by atoms with Gasteiger partial charge in [-0.05, 0) is 51.0 Å². The molecule has 1 fully saturated rings. The Bertz CT molecular complexity index is 416. The van der Waals surface area contributed by atoms with Crippen LogP contribution in [0.4, 0.5) is 0 Å². The van der Waals surface area contributed by atoms with E-state index in [2.05, 4.69) is 17.1 Å². The van der Waals surface area contributed by atoms with Crippen LogP contribution in [0.1, 0.15) is 26.2 Å². The lowest BCUT2D eigenvalue weighted by Crippen LogP contribution is -2.45. The average molecular weight is 331 g/mol. The Morgan fingerprint density at radius 3 is 2.48 bits per heavy atom. The lowest BCUT2D eigenvalue weighted by molar-refractivity contribution is 0.135. The minimum Gasteiger partial charge on any atom is -0.489 e. The second-order valence-electron chi connectivity index (χ2n) is 5.42. The van der Waals surface area contributed by atoms with Crippen molar-refractivity contribution < 1.29 is 4.74 Å².